The van der Waals surface area contributed by atoms with Crippen LogP contribution in [0.1, 0.15) is 31.2 Å². The first-order chi connectivity index (χ1) is 14.4. The van der Waals surface area contributed by atoms with Crippen LogP contribution in [0.3, 0.4) is 0 Å². The molecule has 1 aliphatic heterocycles. The van der Waals surface area contributed by atoms with E-state index in [0.29, 0.717) is 30.1 Å². The van der Waals surface area contributed by atoms with Gasteiger partial charge in [0.05, 0.1) is 28.5 Å². The topological polar surface area (TPSA) is 73.8 Å². The fourth-order valence-corrected chi connectivity index (χ4v) is 4.75. The Labute approximate surface area is 188 Å². The summed E-state index contributed by atoms with van der Waals surface area (Å²) in [6.45, 7) is 3.60. The molecule has 30 heavy (non-hydrogen) atoms. The van der Waals surface area contributed by atoms with Crippen LogP contribution in [0, 0.1) is 9.58 Å². The number of esters is 1. The van der Waals surface area contributed by atoms with Crippen molar-refractivity contribution in [1.82, 2.24) is 4.57 Å². The molecule has 9 heteroatoms. The highest BCUT2D eigenvalue weighted by Crippen LogP contribution is 2.30. The molecule has 6 nitrogen and oxygen atoms in total. The number of aromatic nitrogens is 1. The molecule has 4 rings (SSSR count). The molecular formula is C21H16FIN2O4S. The van der Waals surface area contributed by atoms with Gasteiger partial charge in [-0.25, -0.2) is 14.2 Å². The lowest BCUT2D eigenvalue weighted by molar-refractivity contribution is -0.139. The van der Waals surface area contributed by atoms with Crippen molar-refractivity contribution in [3.8, 4) is 0 Å². The fraction of sp³-hybridized carbons (Fsp3) is 0.190. The van der Waals surface area contributed by atoms with Gasteiger partial charge < -0.3 is 9.15 Å². The number of fused-ring (bicyclic) bond motifs is 1. The molecule has 0 aliphatic carbocycles. The normalized spacial score (nSPS) is 16.4. The van der Waals surface area contributed by atoms with Gasteiger partial charge in [-0.1, -0.05) is 23.5 Å². The van der Waals surface area contributed by atoms with Crippen LogP contribution in [0.4, 0.5) is 4.39 Å². The van der Waals surface area contributed by atoms with Crippen LogP contribution >= 0.6 is 33.9 Å². The molecule has 0 amide bonds. The van der Waals surface area contributed by atoms with Crippen molar-refractivity contribution >= 4 is 46.0 Å². The third kappa shape index (κ3) is 3.79. The Morgan fingerprint density at radius 2 is 2.07 bits per heavy atom. The number of rotatable bonds is 4. The first kappa shape index (κ1) is 20.7. The quantitative estimate of drug-likeness (QED) is 0.378. The maximum Gasteiger partial charge on any atom is 0.338 e. The number of furan rings is 1. The van der Waals surface area contributed by atoms with Gasteiger partial charge in [-0.3, -0.25) is 9.36 Å². The summed E-state index contributed by atoms with van der Waals surface area (Å²) in [5, 5.41) is 0. The number of halogens is 2. The number of benzene rings is 1. The molecule has 1 aliphatic rings. The van der Waals surface area contributed by atoms with E-state index in [9.17, 15) is 14.0 Å². The van der Waals surface area contributed by atoms with E-state index in [0.717, 1.165) is 0 Å². The number of hydrogen-bond donors (Lipinski definition) is 0. The average Bonchev–Trinajstić information content (AvgIpc) is 3.24. The first-order valence-corrected chi connectivity index (χ1v) is 11.0. The van der Waals surface area contributed by atoms with E-state index in [2.05, 4.69) is 4.99 Å². The summed E-state index contributed by atoms with van der Waals surface area (Å²) in [6, 6.07) is 8.52. The molecule has 0 N–H and O–H groups in total. The third-order valence-electron chi connectivity index (χ3n) is 4.57. The van der Waals surface area contributed by atoms with Crippen molar-refractivity contribution < 1.29 is 18.3 Å². The van der Waals surface area contributed by atoms with Gasteiger partial charge in [0.1, 0.15) is 11.6 Å². The van der Waals surface area contributed by atoms with Crippen molar-refractivity contribution in [2.45, 2.75) is 19.9 Å². The Bertz CT molecular complexity index is 1330. The average molecular weight is 538 g/mol. The molecule has 0 bridgehead atoms. The first-order valence-electron chi connectivity index (χ1n) is 9.09. The standard InChI is InChI=1S/C21H16FIN2O4S/c1-3-28-20(27)17-11(2)24-21-25(18(17)12-4-6-13(22)7-5-12)19(26)15(30-21)10-14-8-9-16(23)29-14/h4-10,18H,3H2,1-2H3/b15-10-/t18-/m1/s1. The number of carbonyl (C=O) groups excluding carboxylic acids is 1. The molecule has 0 saturated heterocycles. The highest BCUT2D eigenvalue weighted by Gasteiger charge is 2.33. The van der Waals surface area contributed by atoms with Crippen molar-refractivity contribution in [3.63, 3.8) is 0 Å². The predicted octanol–water partition coefficient (Wildman–Crippen LogP) is 3.14. The Morgan fingerprint density at radius 3 is 2.70 bits per heavy atom. The van der Waals surface area contributed by atoms with Gasteiger partial charge in [0.15, 0.2) is 8.57 Å². The van der Waals surface area contributed by atoms with E-state index in [4.69, 9.17) is 9.15 Å². The summed E-state index contributed by atoms with van der Waals surface area (Å²) >= 11 is 3.25. The number of ether oxygens (including phenoxy) is 1. The molecule has 1 atom stereocenters. The fourth-order valence-electron chi connectivity index (χ4n) is 3.29. The minimum absolute atomic E-state index is 0.188. The van der Waals surface area contributed by atoms with E-state index in [1.54, 1.807) is 44.2 Å². The molecular weight excluding hydrogens is 522 g/mol. The molecule has 0 radical (unpaired) electrons. The molecule has 3 heterocycles. The van der Waals surface area contributed by atoms with Crippen LogP contribution in [-0.4, -0.2) is 17.1 Å². The zero-order chi connectivity index (χ0) is 21.4. The van der Waals surface area contributed by atoms with Crippen LogP contribution in [0.15, 0.2) is 61.9 Å². The summed E-state index contributed by atoms with van der Waals surface area (Å²) < 4.78 is 26.9. The van der Waals surface area contributed by atoms with E-state index in [1.165, 1.54) is 28.0 Å². The van der Waals surface area contributed by atoms with Crippen molar-refractivity contribution in [2.75, 3.05) is 6.61 Å². The molecule has 3 aromatic rings. The molecule has 0 saturated carbocycles. The SMILES string of the molecule is CCOC(=O)C1=C(C)N=c2s/c(=C\c3ccc(I)o3)c(=O)n2[C@@H]1c1ccc(F)cc1. The minimum atomic E-state index is -0.764. The van der Waals surface area contributed by atoms with Gasteiger partial charge >= 0.3 is 5.97 Å². The second kappa shape index (κ2) is 8.31. The minimum Gasteiger partial charge on any atom is -0.463 e. The van der Waals surface area contributed by atoms with Crippen LogP contribution in [0.25, 0.3) is 6.08 Å². The lowest BCUT2D eigenvalue weighted by Crippen LogP contribution is -2.39. The highest BCUT2D eigenvalue weighted by molar-refractivity contribution is 14.1. The van der Waals surface area contributed by atoms with Gasteiger partial charge in [0.25, 0.3) is 5.56 Å². The van der Waals surface area contributed by atoms with E-state index < -0.39 is 17.8 Å². The number of nitrogens with zero attached hydrogens (tertiary/aromatic N) is 2. The van der Waals surface area contributed by atoms with Crippen LogP contribution in [-0.2, 0) is 9.53 Å². The smallest absolute Gasteiger partial charge is 0.338 e. The summed E-state index contributed by atoms with van der Waals surface area (Å²) in [5.41, 5.74) is 1.00. The molecule has 0 unspecified atom stereocenters. The van der Waals surface area contributed by atoms with E-state index >= 15 is 0 Å². The van der Waals surface area contributed by atoms with E-state index in [1.807, 2.05) is 22.6 Å². The maximum absolute atomic E-state index is 13.5. The van der Waals surface area contributed by atoms with Crippen LogP contribution in [0.5, 0.6) is 0 Å². The van der Waals surface area contributed by atoms with Gasteiger partial charge in [-0.15, -0.1) is 0 Å². The zero-order valence-electron chi connectivity index (χ0n) is 16.0. The Hall–Kier alpha value is -2.53. The molecule has 0 spiro atoms. The van der Waals surface area contributed by atoms with Gasteiger partial charge in [-0.05, 0) is 66.3 Å². The summed E-state index contributed by atoms with van der Waals surface area (Å²) in [5.74, 6) is -0.413. The number of carbonyl (C=O) groups is 1. The summed E-state index contributed by atoms with van der Waals surface area (Å²) in [4.78, 5) is 31.0. The molecule has 0 fully saturated rings. The predicted molar refractivity (Wildman–Crippen MR) is 118 cm³/mol. The second-order valence-corrected chi connectivity index (χ2v) is 8.57. The third-order valence-corrected chi connectivity index (χ3v) is 6.13. The molecule has 154 valence electrons. The number of hydrogen-bond acceptors (Lipinski definition) is 6. The van der Waals surface area contributed by atoms with Crippen LogP contribution < -0.4 is 14.9 Å². The largest absolute Gasteiger partial charge is 0.463 e. The van der Waals surface area contributed by atoms with Gasteiger partial charge in [-0.2, -0.15) is 0 Å². The van der Waals surface area contributed by atoms with Crippen molar-refractivity contribution in [3.05, 3.63) is 88.3 Å². The number of allylic oxidation sites excluding steroid dienone is 1. The second-order valence-electron chi connectivity index (χ2n) is 6.50. The van der Waals surface area contributed by atoms with Crippen molar-refractivity contribution in [2.24, 2.45) is 4.99 Å². The van der Waals surface area contributed by atoms with Crippen molar-refractivity contribution in [1.29, 1.82) is 0 Å². The molecule has 2 aromatic heterocycles. The van der Waals surface area contributed by atoms with Gasteiger partial charge in [0.2, 0.25) is 0 Å². The molecule has 1 aromatic carbocycles. The van der Waals surface area contributed by atoms with E-state index in [-0.39, 0.29) is 17.7 Å². The number of thiazole rings is 1. The van der Waals surface area contributed by atoms with Crippen LogP contribution in [0.2, 0.25) is 0 Å². The van der Waals surface area contributed by atoms with Gasteiger partial charge in [0, 0.05) is 6.08 Å². The zero-order valence-corrected chi connectivity index (χ0v) is 19.0. The summed E-state index contributed by atoms with van der Waals surface area (Å²) in [6.07, 6.45) is 1.65. The Morgan fingerprint density at radius 1 is 1.33 bits per heavy atom. The maximum atomic E-state index is 13.5. The lowest BCUT2D eigenvalue weighted by atomic mass is 9.96. The summed E-state index contributed by atoms with van der Waals surface area (Å²) in [7, 11) is 0. The lowest BCUT2D eigenvalue weighted by Gasteiger charge is -2.24. The Balaban J connectivity index is 1.96. The Kier molecular flexibility index (Phi) is 5.74. The monoisotopic (exact) mass is 538 g/mol. The highest BCUT2D eigenvalue weighted by atomic mass is 127.